The summed E-state index contributed by atoms with van der Waals surface area (Å²) >= 11 is 0. The van der Waals surface area contributed by atoms with Gasteiger partial charge in [-0.25, -0.2) is 4.39 Å². The van der Waals surface area contributed by atoms with Gasteiger partial charge in [-0.15, -0.1) is 0 Å². The van der Waals surface area contributed by atoms with Crippen LogP contribution in [0, 0.1) is 5.82 Å². The maximum absolute atomic E-state index is 14.0. The Morgan fingerprint density at radius 2 is 2.19 bits per heavy atom. The first-order valence-electron chi connectivity index (χ1n) is 5.62. The Hall–Kier alpha value is -1.35. The zero-order chi connectivity index (χ0) is 11.2. The number of nitrogens with two attached hydrogens (primary N) is 1. The molecule has 1 fully saturated rings. The summed E-state index contributed by atoms with van der Waals surface area (Å²) in [5.41, 5.74) is 7.03. The largest absolute Gasteiger partial charge is 0.464 e. The quantitative estimate of drug-likeness (QED) is 0.843. The lowest BCUT2D eigenvalue weighted by Gasteiger charge is -2.41. The molecular weight excluding hydrogens is 205 g/mol. The Bertz CT molecular complexity index is 522. The first-order valence-corrected chi connectivity index (χ1v) is 5.62. The molecule has 3 heteroatoms. The summed E-state index contributed by atoms with van der Waals surface area (Å²) < 4.78 is 19.2. The molecule has 0 aliphatic heterocycles. The summed E-state index contributed by atoms with van der Waals surface area (Å²) in [6.45, 7) is 0.521. The lowest BCUT2D eigenvalue weighted by molar-refractivity contribution is 0.245. The smallest absolute Gasteiger partial charge is 0.136 e. The predicted molar refractivity (Wildman–Crippen MR) is 60.8 cm³/mol. The molecule has 1 aliphatic rings. The van der Waals surface area contributed by atoms with Crippen LogP contribution in [0.15, 0.2) is 28.9 Å². The second-order valence-corrected chi connectivity index (χ2v) is 4.63. The van der Waals surface area contributed by atoms with E-state index in [-0.39, 0.29) is 11.2 Å². The maximum atomic E-state index is 14.0. The third kappa shape index (κ3) is 1.21. The van der Waals surface area contributed by atoms with Gasteiger partial charge in [-0.1, -0.05) is 6.42 Å². The van der Waals surface area contributed by atoms with E-state index in [4.69, 9.17) is 10.2 Å². The van der Waals surface area contributed by atoms with Crippen molar-refractivity contribution in [3.05, 3.63) is 35.8 Å². The van der Waals surface area contributed by atoms with E-state index in [9.17, 15) is 4.39 Å². The first-order chi connectivity index (χ1) is 7.75. The van der Waals surface area contributed by atoms with Crippen LogP contribution < -0.4 is 5.73 Å². The van der Waals surface area contributed by atoms with Gasteiger partial charge in [-0.3, -0.25) is 0 Å². The molecule has 0 amide bonds. The average Bonchev–Trinajstić information content (AvgIpc) is 2.64. The van der Waals surface area contributed by atoms with Crippen LogP contribution in [0.1, 0.15) is 24.8 Å². The van der Waals surface area contributed by atoms with Crippen molar-refractivity contribution >= 4 is 11.0 Å². The van der Waals surface area contributed by atoms with Crippen molar-refractivity contribution in [2.24, 2.45) is 5.73 Å². The molecule has 84 valence electrons. The molecule has 0 saturated heterocycles. The van der Waals surface area contributed by atoms with Crippen molar-refractivity contribution in [3.63, 3.8) is 0 Å². The highest BCUT2D eigenvalue weighted by molar-refractivity contribution is 5.78. The lowest BCUT2D eigenvalue weighted by atomic mass is 9.64. The van der Waals surface area contributed by atoms with Crippen molar-refractivity contribution in [2.75, 3.05) is 6.54 Å². The summed E-state index contributed by atoms with van der Waals surface area (Å²) in [5.74, 6) is -0.187. The summed E-state index contributed by atoms with van der Waals surface area (Å²) in [6.07, 6.45) is 4.71. The zero-order valence-corrected chi connectivity index (χ0v) is 9.00. The SMILES string of the molecule is NCC1(c2cc3ccoc3cc2F)CCC1. The minimum Gasteiger partial charge on any atom is -0.464 e. The van der Waals surface area contributed by atoms with E-state index in [2.05, 4.69) is 0 Å². The number of hydrogen-bond donors (Lipinski definition) is 1. The van der Waals surface area contributed by atoms with E-state index in [0.29, 0.717) is 12.1 Å². The fourth-order valence-corrected chi connectivity index (χ4v) is 2.58. The maximum Gasteiger partial charge on any atom is 0.136 e. The van der Waals surface area contributed by atoms with Crippen molar-refractivity contribution in [3.8, 4) is 0 Å². The molecule has 1 aromatic carbocycles. The monoisotopic (exact) mass is 219 g/mol. The van der Waals surface area contributed by atoms with Gasteiger partial charge in [0, 0.05) is 23.4 Å². The van der Waals surface area contributed by atoms with Crippen LogP contribution in [0.25, 0.3) is 11.0 Å². The van der Waals surface area contributed by atoms with Crippen molar-refractivity contribution in [1.82, 2.24) is 0 Å². The number of halogens is 1. The molecule has 16 heavy (non-hydrogen) atoms. The Morgan fingerprint density at radius 1 is 1.38 bits per heavy atom. The van der Waals surface area contributed by atoms with E-state index in [1.807, 2.05) is 12.1 Å². The van der Waals surface area contributed by atoms with E-state index in [1.165, 1.54) is 6.07 Å². The zero-order valence-electron chi connectivity index (χ0n) is 9.00. The molecule has 0 atom stereocenters. The van der Waals surface area contributed by atoms with Crippen LogP contribution in [0.4, 0.5) is 4.39 Å². The van der Waals surface area contributed by atoms with Gasteiger partial charge in [0.15, 0.2) is 0 Å². The van der Waals surface area contributed by atoms with Gasteiger partial charge in [-0.2, -0.15) is 0 Å². The Labute approximate surface area is 93.2 Å². The Kier molecular flexibility index (Phi) is 2.04. The predicted octanol–water partition coefficient (Wildman–Crippen LogP) is 2.95. The van der Waals surface area contributed by atoms with Crippen LogP contribution in [0.5, 0.6) is 0 Å². The summed E-state index contributed by atoms with van der Waals surface area (Å²) in [6, 6.07) is 5.22. The highest BCUT2D eigenvalue weighted by Gasteiger charge is 2.39. The molecule has 1 saturated carbocycles. The molecule has 2 N–H and O–H groups in total. The van der Waals surface area contributed by atoms with Crippen LogP contribution in [-0.4, -0.2) is 6.54 Å². The van der Waals surface area contributed by atoms with E-state index in [1.54, 1.807) is 6.26 Å². The van der Waals surface area contributed by atoms with Gasteiger partial charge in [0.1, 0.15) is 11.4 Å². The molecule has 1 aliphatic carbocycles. The second kappa shape index (κ2) is 3.32. The molecule has 3 rings (SSSR count). The Morgan fingerprint density at radius 3 is 2.81 bits per heavy atom. The van der Waals surface area contributed by atoms with E-state index >= 15 is 0 Å². The van der Waals surface area contributed by atoms with Crippen molar-refractivity contribution in [2.45, 2.75) is 24.7 Å². The topological polar surface area (TPSA) is 39.2 Å². The van der Waals surface area contributed by atoms with E-state index in [0.717, 1.165) is 30.2 Å². The fourth-order valence-electron chi connectivity index (χ4n) is 2.58. The summed E-state index contributed by atoms with van der Waals surface area (Å²) in [4.78, 5) is 0. The van der Waals surface area contributed by atoms with Crippen LogP contribution in [0.3, 0.4) is 0 Å². The molecule has 1 aromatic heterocycles. The van der Waals surface area contributed by atoms with Gasteiger partial charge in [0.2, 0.25) is 0 Å². The molecule has 2 nitrogen and oxygen atoms in total. The highest BCUT2D eigenvalue weighted by Crippen LogP contribution is 2.44. The van der Waals surface area contributed by atoms with Gasteiger partial charge in [-0.05, 0) is 30.5 Å². The van der Waals surface area contributed by atoms with Crippen LogP contribution in [0.2, 0.25) is 0 Å². The van der Waals surface area contributed by atoms with Crippen molar-refractivity contribution < 1.29 is 8.81 Å². The number of furan rings is 1. The molecule has 1 heterocycles. The standard InChI is InChI=1S/C13H14FNO/c14-11-7-12-9(2-5-16-12)6-10(11)13(8-15)3-1-4-13/h2,5-7H,1,3-4,8,15H2. The summed E-state index contributed by atoms with van der Waals surface area (Å²) in [7, 11) is 0. The fraction of sp³-hybridized carbons (Fsp3) is 0.385. The molecule has 0 unspecified atom stereocenters. The Balaban J connectivity index is 2.18. The number of benzene rings is 1. The van der Waals surface area contributed by atoms with Gasteiger partial charge < -0.3 is 10.2 Å². The van der Waals surface area contributed by atoms with E-state index < -0.39 is 0 Å². The molecule has 2 aromatic rings. The average molecular weight is 219 g/mol. The second-order valence-electron chi connectivity index (χ2n) is 4.63. The normalized spacial score (nSPS) is 18.6. The van der Waals surface area contributed by atoms with Gasteiger partial charge >= 0.3 is 0 Å². The van der Waals surface area contributed by atoms with Crippen LogP contribution >= 0.6 is 0 Å². The third-order valence-corrected chi connectivity index (χ3v) is 3.81. The van der Waals surface area contributed by atoms with Crippen molar-refractivity contribution in [1.29, 1.82) is 0 Å². The molecule has 0 spiro atoms. The molecule has 0 bridgehead atoms. The lowest BCUT2D eigenvalue weighted by Crippen LogP contribution is -2.42. The first kappa shape index (κ1) is 9.85. The van der Waals surface area contributed by atoms with Gasteiger partial charge in [0.05, 0.1) is 6.26 Å². The third-order valence-electron chi connectivity index (χ3n) is 3.81. The number of fused-ring (bicyclic) bond motifs is 1. The minimum absolute atomic E-state index is 0.129. The minimum atomic E-state index is -0.187. The summed E-state index contributed by atoms with van der Waals surface area (Å²) in [5, 5.41) is 0.955. The molecular formula is C13H14FNO. The van der Waals surface area contributed by atoms with Crippen LogP contribution in [-0.2, 0) is 5.41 Å². The highest BCUT2D eigenvalue weighted by atomic mass is 19.1. The number of rotatable bonds is 2. The molecule has 0 radical (unpaired) electrons. The number of hydrogen-bond acceptors (Lipinski definition) is 2. The van der Waals surface area contributed by atoms with Gasteiger partial charge in [0.25, 0.3) is 0 Å².